The summed E-state index contributed by atoms with van der Waals surface area (Å²) in [4.78, 5) is 0. The van der Waals surface area contributed by atoms with Crippen LogP contribution in [0, 0.1) is 11.6 Å². The van der Waals surface area contributed by atoms with Crippen molar-refractivity contribution in [1.29, 1.82) is 0 Å². The minimum absolute atomic E-state index is 0.264. The van der Waals surface area contributed by atoms with Gasteiger partial charge in [0.25, 0.3) is 0 Å². The summed E-state index contributed by atoms with van der Waals surface area (Å²) >= 11 is 0. The van der Waals surface area contributed by atoms with E-state index >= 15 is 0 Å². The van der Waals surface area contributed by atoms with Crippen molar-refractivity contribution in [3.8, 4) is 0 Å². The molecule has 0 saturated heterocycles. The first kappa shape index (κ1) is 17.7. The second-order valence-electron chi connectivity index (χ2n) is 7.50. The smallest absolute Gasteiger partial charge is 0.132 e. The van der Waals surface area contributed by atoms with Crippen molar-refractivity contribution in [3.05, 3.63) is 107 Å². The van der Waals surface area contributed by atoms with Crippen molar-refractivity contribution < 1.29 is 8.78 Å². The Hall–Kier alpha value is -3.40. The molecule has 0 aliphatic rings. The van der Waals surface area contributed by atoms with Crippen molar-refractivity contribution in [3.63, 3.8) is 0 Å². The van der Waals surface area contributed by atoms with Gasteiger partial charge < -0.3 is 9.13 Å². The minimum atomic E-state index is -0.294. The van der Waals surface area contributed by atoms with Gasteiger partial charge in [0.2, 0.25) is 0 Å². The van der Waals surface area contributed by atoms with E-state index in [1.54, 1.807) is 12.1 Å². The Morgan fingerprint density at radius 3 is 1.59 bits per heavy atom. The lowest BCUT2D eigenvalue weighted by Gasteiger charge is -2.17. The summed E-state index contributed by atoms with van der Waals surface area (Å²) < 4.78 is 33.8. The van der Waals surface area contributed by atoms with E-state index in [0.717, 1.165) is 27.7 Å². The van der Waals surface area contributed by atoms with Crippen LogP contribution in [0.3, 0.4) is 0 Å². The van der Waals surface area contributed by atoms with Gasteiger partial charge in [-0.15, -0.1) is 0 Å². The monoisotopic (exact) mass is 386 g/mol. The Kier molecular flexibility index (Phi) is 4.02. The molecule has 0 amide bonds. The molecule has 0 aliphatic carbocycles. The molecular weight excluding hydrogens is 366 g/mol. The summed E-state index contributed by atoms with van der Waals surface area (Å²) in [7, 11) is 3.83. The summed E-state index contributed by atoms with van der Waals surface area (Å²) in [6.45, 7) is 0. The van der Waals surface area contributed by atoms with Crippen LogP contribution in [0.1, 0.15) is 22.6 Å². The molecule has 0 radical (unpaired) electrons. The van der Waals surface area contributed by atoms with Crippen LogP contribution in [0.25, 0.3) is 21.8 Å². The molecule has 29 heavy (non-hydrogen) atoms. The number of benzene rings is 3. The van der Waals surface area contributed by atoms with Gasteiger partial charge in [-0.3, -0.25) is 0 Å². The highest BCUT2D eigenvalue weighted by atomic mass is 19.1. The molecule has 0 bridgehead atoms. The number of hydrogen-bond donors (Lipinski definition) is 0. The molecule has 0 spiro atoms. The number of fused-ring (bicyclic) bond motifs is 2. The highest BCUT2D eigenvalue weighted by Crippen LogP contribution is 2.41. The van der Waals surface area contributed by atoms with Gasteiger partial charge in [0.05, 0.1) is 11.0 Å². The number of hydrogen-bond acceptors (Lipinski definition) is 0. The van der Waals surface area contributed by atoms with Gasteiger partial charge in [0.15, 0.2) is 0 Å². The zero-order chi connectivity index (χ0) is 20.1. The van der Waals surface area contributed by atoms with E-state index in [0.29, 0.717) is 10.8 Å². The zero-order valence-electron chi connectivity index (χ0n) is 16.2. The Morgan fingerprint density at radius 2 is 1.10 bits per heavy atom. The summed E-state index contributed by atoms with van der Waals surface area (Å²) in [5.74, 6) is -0.822. The maximum atomic E-state index is 15.0. The number of aryl methyl sites for hydroxylation is 2. The maximum absolute atomic E-state index is 15.0. The van der Waals surface area contributed by atoms with Gasteiger partial charge in [-0.1, -0.05) is 42.5 Å². The van der Waals surface area contributed by atoms with Gasteiger partial charge in [-0.05, 0) is 41.0 Å². The predicted octanol–water partition coefficient (Wildman–Crippen LogP) is 6.13. The van der Waals surface area contributed by atoms with Crippen molar-refractivity contribution in [2.75, 3.05) is 0 Å². The first-order valence-electron chi connectivity index (χ1n) is 9.58. The number of nitrogens with zero attached hydrogens (tertiary/aromatic N) is 2. The van der Waals surface area contributed by atoms with Gasteiger partial charge in [0, 0.05) is 43.2 Å². The van der Waals surface area contributed by atoms with E-state index in [4.69, 9.17) is 0 Å². The third-order valence-corrected chi connectivity index (χ3v) is 5.74. The Labute approximate surface area is 167 Å². The second kappa shape index (κ2) is 6.59. The lowest BCUT2D eigenvalue weighted by Crippen LogP contribution is -2.03. The standard InChI is InChI=1S/C25H20F2N2/c1-28-14-17(24-19(26)10-6-12-21(24)28)23(16-8-4-3-5-9-16)18-15-29(2)22-13-7-11-20(27)25(18)22/h3-15,23H,1-2H3. The van der Waals surface area contributed by atoms with Gasteiger partial charge in [-0.25, -0.2) is 8.78 Å². The van der Waals surface area contributed by atoms with Crippen LogP contribution in [0.2, 0.25) is 0 Å². The quantitative estimate of drug-likeness (QED) is 0.353. The van der Waals surface area contributed by atoms with Crippen LogP contribution in [0.4, 0.5) is 8.78 Å². The molecule has 0 saturated carbocycles. The molecule has 0 N–H and O–H groups in total. The summed E-state index contributed by atoms with van der Waals surface area (Å²) in [5, 5.41) is 1.16. The molecule has 3 aromatic carbocycles. The van der Waals surface area contributed by atoms with Crippen LogP contribution < -0.4 is 0 Å². The van der Waals surface area contributed by atoms with Gasteiger partial charge in [-0.2, -0.15) is 0 Å². The first-order valence-corrected chi connectivity index (χ1v) is 9.58. The third kappa shape index (κ3) is 2.67. The van der Waals surface area contributed by atoms with Crippen LogP contribution >= 0.6 is 0 Å². The number of aromatic nitrogens is 2. The highest BCUT2D eigenvalue weighted by Gasteiger charge is 2.27. The molecule has 0 aliphatic heterocycles. The van der Waals surface area contributed by atoms with Crippen molar-refractivity contribution >= 4 is 21.8 Å². The third-order valence-electron chi connectivity index (χ3n) is 5.74. The zero-order valence-corrected chi connectivity index (χ0v) is 16.2. The van der Waals surface area contributed by atoms with E-state index in [1.807, 2.05) is 78.1 Å². The first-order chi connectivity index (χ1) is 14.1. The van der Waals surface area contributed by atoms with Crippen molar-refractivity contribution in [1.82, 2.24) is 9.13 Å². The fraction of sp³-hybridized carbons (Fsp3) is 0.120. The topological polar surface area (TPSA) is 9.86 Å². The van der Waals surface area contributed by atoms with Crippen LogP contribution in [-0.4, -0.2) is 9.13 Å². The van der Waals surface area contributed by atoms with Gasteiger partial charge in [0.1, 0.15) is 11.6 Å². The van der Waals surface area contributed by atoms with E-state index in [9.17, 15) is 8.78 Å². The average Bonchev–Trinajstić information content (AvgIpc) is 3.23. The van der Waals surface area contributed by atoms with E-state index < -0.39 is 0 Å². The SMILES string of the molecule is Cn1cc(C(c2ccccc2)c2cn(C)c3cccc(F)c23)c2c(F)cccc21. The molecule has 2 heterocycles. The lowest BCUT2D eigenvalue weighted by atomic mass is 9.84. The predicted molar refractivity (Wildman–Crippen MR) is 113 cm³/mol. The van der Waals surface area contributed by atoms with Crippen LogP contribution in [-0.2, 0) is 14.1 Å². The largest absolute Gasteiger partial charge is 0.350 e. The minimum Gasteiger partial charge on any atom is -0.350 e. The average molecular weight is 386 g/mol. The Bertz CT molecular complexity index is 1260. The molecular formula is C25H20F2N2. The van der Waals surface area contributed by atoms with E-state index in [-0.39, 0.29) is 17.6 Å². The van der Waals surface area contributed by atoms with E-state index in [1.165, 1.54) is 12.1 Å². The van der Waals surface area contributed by atoms with Crippen LogP contribution in [0.5, 0.6) is 0 Å². The fourth-order valence-corrected chi connectivity index (χ4v) is 4.48. The molecule has 0 unspecified atom stereocenters. The summed E-state index contributed by atoms with van der Waals surface area (Å²) in [6.07, 6.45) is 3.93. The summed E-state index contributed by atoms with van der Waals surface area (Å²) in [5.41, 5.74) is 4.31. The molecule has 5 rings (SSSR count). The summed E-state index contributed by atoms with van der Waals surface area (Å²) in [6, 6.07) is 20.1. The molecule has 2 nitrogen and oxygen atoms in total. The molecule has 5 aromatic rings. The highest BCUT2D eigenvalue weighted by molar-refractivity contribution is 5.90. The van der Waals surface area contributed by atoms with Gasteiger partial charge >= 0.3 is 0 Å². The molecule has 0 fully saturated rings. The van der Waals surface area contributed by atoms with Crippen molar-refractivity contribution in [2.45, 2.75) is 5.92 Å². The van der Waals surface area contributed by atoms with Crippen LogP contribution in [0.15, 0.2) is 79.1 Å². The molecule has 4 heteroatoms. The lowest BCUT2D eigenvalue weighted by molar-refractivity contribution is 0.637. The van der Waals surface area contributed by atoms with E-state index in [2.05, 4.69) is 0 Å². The number of halogens is 2. The second-order valence-corrected chi connectivity index (χ2v) is 7.50. The molecule has 0 atom stereocenters. The number of rotatable bonds is 3. The molecule has 144 valence electrons. The Balaban J connectivity index is 1.90. The molecule has 2 aromatic heterocycles. The van der Waals surface area contributed by atoms with Crippen molar-refractivity contribution in [2.24, 2.45) is 14.1 Å². The Morgan fingerprint density at radius 1 is 0.621 bits per heavy atom. The maximum Gasteiger partial charge on any atom is 0.132 e. The fourth-order valence-electron chi connectivity index (χ4n) is 4.48. The normalized spacial score (nSPS) is 11.8.